The number of aromatic nitrogens is 1. The molecule has 1 fully saturated rings. The van der Waals surface area contributed by atoms with Gasteiger partial charge < -0.3 is 9.64 Å². The van der Waals surface area contributed by atoms with E-state index in [-0.39, 0.29) is 13.0 Å². The van der Waals surface area contributed by atoms with Crippen molar-refractivity contribution in [3.05, 3.63) is 47.7 Å². The first-order chi connectivity index (χ1) is 17.7. The van der Waals surface area contributed by atoms with Crippen molar-refractivity contribution < 1.29 is 52.7 Å². The van der Waals surface area contributed by atoms with E-state index >= 15 is 0 Å². The molecule has 0 bridgehead atoms. The van der Waals surface area contributed by atoms with Crippen LogP contribution in [0, 0.1) is 0 Å². The largest absolute Gasteiger partial charge is 0.573 e. The number of hydrogen-bond acceptors (Lipinski definition) is 7. The van der Waals surface area contributed by atoms with E-state index in [1.807, 2.05) is 0 Å². The first kappa shape index (κ1) is 30.7. The number of ether oxygens (including phenoxy) is 1. The van der Waals surface area contributed by atoms with Crippen LogP contribution in [0.15, 0.2) is 46.3 Å². The second-order valence-electron chi connectivity index (χ2n) is 9.45. The summed E-state index contributed by atoms with van der Waals surface area (Å²) >= 11 is 0. The quantitative estimate of drug-likeness (QED) is 0.443. The maximum absolute atomic E-state index is 13.6. The van der Waals surface area contributed by atoms with Gasteiger partial charge in [0.15, 0.2) is 14.9 Å². The number of carbonyl (C=O) groups excluding carboxylic acids is 1. The second kappa shape index (κ2) is 10.3. The Morgan fingerprint density at radius 2 is 1.64 bits per heavy atom. The highest BCUT2D eigenvalue weighted by Gasteiger charge is 2.49. The van der Waals surface area contributed by atoms with Crippen molar-refractivity contribution >= 4 is 25.6 Å². The van der Waals surface area contributed by atoms with Crippen LogP contribution >= 0.6 is 0 Å². The van der Waals surface area contributed by atoms with Crippen LogP contribution in [0.1, 0.15) is 49.2 Å². The molecule has 1 aliphatic heterocycles. The van der Waals surface area contributed by atoms with Gasteiger partial charge in [0.05, 0.1) is 21.2 Å². The SMILES string of the molecule is CC(C)(C1CCCCN1C(=O)c1ccc(OC(F)(F)F)cc1S(C)(=O)=O)S(=O)(=O)c1cccc(C(F)(F)F)n1. The van der Waals surface area contributed by atoms with Gasteiger partial charge in [-0.15, -0.1) is 13.2 Å². The van der Waals surface area contributed by atoms with Crippen LogP contribution in [-0.4, -0.2) is 62.6 Å². The number of benzene rings is 1. The zero-order valence-corrected chi connectivity index (χ0v) is 22.4. The summed E-state index contributed by atoms with van der Waals surface area (Å²) in [5.74, 6) is -1.85. The summed E-state index contributed by atoms with van der Waals surface area (Å²) in [6.07, 6.45) is -8.43. The Bertz CT molecular complexity index is 1470. The van der Waals surface area contributed by atoms with Crippen molar-refractivity contribution in [1.82, 2.24) is 9.88 Å². The molecule has 1 aromatic heterocycles. The molecule has 0 spiro atoms. The van der Waals surface area contributed by atoms with Crippen LogP contribution < -0.4 is 4.74 Å². The molecule has 2 aromatic rings. The molecule has 1 unspecified atom stereocenters. The monoisotopic (exact) mass is 602 g/mol. The molecule has 0 N–H and O–H groups in total. The van der Waals surface area contributed by atoms with Crippen LogP contribution in [0.3, 0.4) is 0 Å². The Kier molecular flexibility index (Phi) is 8.07. The van der Waals surface area contributed by atoms with Gasteiger partial charge in [0, 0.05) is 12.8 Å². The minimum Gasteiger partial charge on any atom is -0.406 e. The van der Waals surface area contributed by atoms with Gasteiger partial charge >= 0.3 is 12.5 Å². The van der Waals surface area contributed by atoms with Gasteiger partial charge in [0.25, 0.3) is 5.91 Å². The number of hydrogen-bond donors (Lipinski definition) is 0. The van der Waals surface area contributed by atoms with Crippen molar-refractivity contribution in [2.45, 2.75) is 66.4 Å². The van der Waals surface area contributed by atoms with Crippen LogP contribution in [0.4, 0.5) is 26.3 Å². The van der Waals surface area contributed by atoms with Gasteiger partial charge in [-0.2, -0.15) is 13.2 Å². The predicted octanol–water partition coefficient (Wildman–Crippen LogP) is 4.65. The molecule has 1 aliphatic rings. The minimum atomic E-state index is -5.13. The third-order valence-electron chi connectivity index (χ3n) is 6.36. The molecule has 8 nitrogen and oxygen atoms in total. The topological polar surface area (TPSA) is 111 Å². The number of rotatable bonds is 6. The Labute approximate surface area is 220 Å². The maximum Gasteiger partial charge on any atom is 0.573 e. The van der Waals surface area contributed by atoms with Crippen molar-refractivity contribution in [2.75, 3.05) is 12.8 Å². The smallest absolute Gasteiger partial charge is 0.406 e. The highest BCUT2D eigenvalue weighted by Crippen LogP contribution is 2.38. The highest BCUT2D eigenvalue weighted by atomic mass is 32.2. The summed E-state index contributed by atoms with van der Waals surface area (Å²) in [6, 6.07) is 3.40. The number of likely N-dealkylation sites (tertiary alicyclic amines) is 1. The van der Waals surface area contributed by atoms with Crippen LogP contribution in [-0.2, 0) is 25.9 Å². The molecule has 1 saturated heterocycles. The number of alkyl halides is 6. The Morgan fingerprint density at radius 3 is 2.21 bits per heavy atom. The number of carbonyl (C=O) groups is 1. The normalized spacial score (nSPS) is 17.7. The highest BCUT2D eigenvalue weighted by molar-refractivity contribution is 7.92. The number of amides is 1. The van der Waals surface area contributed by atoms with Gasteiger partial charge in [0.1, 0.15) is 11.4 Å². The van der Waals surface area contributed by atoms with E-state index in [4.69, 9.17) is 0 Å². The lowest BCUT2D eigenvalue weighted by Gasteiger charge is -2.44. The van der Waals surface area contributed by atoms with Gasteiger partial charge in [-0.3, -0.25) is 4.79 Å². The lowest BCUT2D eigenvalue weighted by Crippen LogP contribution is -2.57. The summed E-state index contributed by atoms with van der Waals surface area (Å²) in [4.78, 5) is 17.2. The van der Waals surface area contributed by atoms with Gasteiger partial charge in [-0.25, -0.2) is 21.8 Å². The summed E-state index contributed by atoms with van der Waals surface area (Å²) in [7, 11) is -8.87. The average Bonchev–Trinajstić information content (AvgIpc) is 2.81. The van der Waals surface area contributed by atoms with Crippen LogP contribution in [0.25, 0.3) is 0 Å². The lowest BCUT2D eigenvalue weighted by atomic mass is 9.91. The molecule has 0 radical (unpaired) electrons. The van der Waals surface area contributed by atoms with Crippen molar-refractivity contribution in [3.63, 3.8) is 0 Å². The van der Waals surface area contributed by atoms with Crippen LogP contribution in [0.5, 0.6) is 5.75 Å². The Balaban J connectivity index is 2.07. The fourth-order valence-corrected chi connectivity index (χ4v) is 6.91. The molecule has 3 rings (SSSR count). The molecular weight excluding hydrogens is 578 g/mol. The molecule has 0 aliphatic carbocycles. The Morgan fingerprint density at radius 1 is 1.00 bits per heavy atom. The Hall–Kier alpha value is -2.88. The van der Waals surface area contributed by atoms with Crippen LogP contribution in [0.2, 0.25) is 0 Å². The number of pyridine rings is 1. The average molecular weight is 603 g/mol. The second-order valence-corrected chi connectivity index (χ2v) is 13.9. The molecule has 1 atom stereocenters. The summed E-state index contributed by atoms with van der Waals surface area (Å²) < 4.78 is 131. The minimum absolute atomic E-state index is 0.0392. The molecule has 0 saturated carbocycles. The molecule has 1 aromatic carbocycles. The summed E-state index contributed by atoms with van der Waals surface area (Å²) in [5.41, 5.74) is -1.93. The van der Waals surface area contributed by atoms with Gasteiger partial charge in [-0.05, 0) is 63.4 Å². The fraction of sp³-hybridized carbons (Fsp3) is 0.478. The maximum atomic E-state index is 13.6. The number of nitrogens with zero attached hydrogens (tertiary/aromatic N) is 2. The molecule has 1 amide bonds. The number of sulfone groups is 2. The first-order valence-corrected chi connectivity index (χ1v) is 14.7. The zero-order valence-electron chi connectivity index (χ0n) is 20.8. The number of piperidine rings is 1. The van der Waals surface area contributed by atoms with E-state index in [0.717, 1.165) is 29.2 Å². The van der Waals surface area contributed by atoms with Crippen molar-refractivity contribution in [1.29, 1.82) is 0 Å². The van der Waals surface area contributed by atoms with Gasteiger partial charge in [0.2, 0.25) is 9.84 Å². The van der Waals surface area contributed by atoms with E-state index in [9.17, 15) is 48.0 Å². The van der Waals surface area contributed by atoms with E-state index in [1.54, 1.807) is 0 Å². The van der Waals surface area contributed by atoms with Gasteiger partial charge in [-0.1, -0.05) is 6.07 Å². The summed E-state index contributed by atoms with van der Waals surface area (Å²) in [5, 5.41) is -0.856. The third kappa shape index (κ3) is 6.48. The molecule has 216 valence electrons. The van der Waals surface area contributed by atoms with E-state index in [1.165, 1.54) is 13.8 Å². The lowest BCUT2D eigenvalue weighted by molar-refractivity contribution is -0.274. The standard InChI is InChI=1S/C23H24F6N2O6S2/c1-21(2,39(35,36)19-9-6-7-17(30-19)22(24,25)26)18-8-4-5-12-31(18)20(32)15-11-10-14(37-23(27,28)29)13-16(15)38(3,33)34/h6-7,9-11,13,18H,4-5,8,12H2,1-3H3. The fourth-order valence-electron chi connectivity index (χ4n) is 4.41. The number of halogens is 6. The molecule has 2 heterocycles. The van der Waals surface area contributed by atoms with Crippen molar-refractivity contribution in [2.24, 2.45) is 0 Å². The predicted molar refractivity (Wildman–Crippen MR) is 125 cm³/mol. The van der Waals surface area contributed by atoms with E-state index in [0.29, 0.717) is 31.2 Å². The van der Waals surface area contributed by atoms with E-state index in [2.05, 4.69) is 9.72 Å². The van der Waals surface area contributed by atoms with Crippen molar-refractivity contribution in [3.8, 4) is 5.75 Å². The molecule has 16 heteroatoms. The first-order valence-electron chi connectivity index (χ1n) is 11.4. The molecule has 39 heavy (non-hydrogen) atoms. The van der Waals surface area contributed by atoms with E-state index < -0.39 is 75.8 Å². The zero-order chi connectivity index (χ0) is 29.6. The third-order valence-corrected chi connectivity index (χ3v) is 9.94. The molecular formula is C23H24F6N2O6S2. The summed E-state index contributed by atoms with van der Waals surface area (Å²) in [6.45, 7) is 2.40.